The van der Waals surface area contributed by atoms with E-state index in [2.05, 4.69) is 27.8 Å². The van der Waals surface area contributed by atoms with Crippen LogP contribution in [-0.2, 0) is 0 Å². The summed E-state index contributed by atoms with van der Waals surface area (Å²) in [6, 6.07) is 10.7. The minimum atomic E-state index is -0.292. The number of hydrogen-bond acceptors (Lipinski definition) is 5. The maximum Gasteiger partial charge on any atom is 0.276 e. The SMILES string of the molecule is CCCCNc1ccc(C(=O)Nc2ccc(OC(C)C)cc2)nn1. The van der Waals surface area contributed by atoms with Gasteiger partial charge in [0.2, 0.25) is 0 Å². The molecule has 0 spiro atoms. The Labute approximate surface area is 142 Å². The van der Waals surface area contributed by atoms with E-state index in [9.17, 15) is 4.79 Å². The van der Waals surface area contributed by atoms with Crippen LogP contribution in [0.3, 0.4) is 0 Å². The Balaban J connectivity index is 1.91. The van der Waals surface area contributed by atoms with Crippen molar-refractivity contribution >= 4 is 17.4 Å². The van der Waals surface area contributed by atoms with Gasteiger partial charge in [-0.1, -0.05) is 13.3 Å². The molecule has 0 unspecified atom stereocenters. The third-order valence-corrected chi connectivity index (χ3v) is 3.22. The zero-order valence-corrected chi connectivity index (χ0v) is 14.4. The van der Waals surface area contributed by atoms with E-state index in [-0.39, 0.29) is 17.7 Å². The van der Waals surface area contributed by atoms with Crippen LogP contribution in [0, 0.1) is 0 Å². The molecule has 0 aliphatic heterocycles. The van der Waals surface area contributed by atoms with Gasteiger partial charge in [-0.15, -0.1) is 10.2 Å². The van der Waals surface area contributed by atoms with E-state index in [1.165, 1.54) is 0 Å². The minimum absolute atomic E-state index is 0.116. The standard InChI is InChI=1S/C18H24N4O2/c1-4-5-12-19-17-11-10-16(21-22-17)18(23)20-14-6-8-15(9-7-14)24-13(2)3/h6-11,13H,4-5,12H2,1-3H3,(H,19,22)(H,20,23). The fourth-order valence-electron chi connectivity index (χ4n) is 2.03. The van der Waals surface area contributed by atoms with Crippen LogP contribution in [0.2, 0.25) is 0 Å². The monoisotopic (exact) mass is 328 g/mol. The molecule has 24 heavy (non-hydrogen) atoms. The Morgan fingerprint density at radius 1 is 1.12 bits per heavy atom. The van der Waals surface area contributed by atoms with Gasteiger partial charge in [0.25, 0.3) is 5.91 Å². The van der Waals surface area contributed by atoms with Gasteiger partial charge in [-0.2, -0.15) is 0 Å². The van der Waals surface area contributed by atoms with Crippen LogP contribution in [0.4, 0.5) is 11.5 Å². The topological polar surface area (TPSA) is 76.1 Å². The molecule has 1 aromatic carbocycles. The number of benzene rings is 1. The van der Waals surface area contributed by atoms with E-state index >= 15 is 0 Å². The molecule has 0 saturated heterocycles. The van der Waals surface area contributed by atoms with Gasteiger partial charge in [-0.05, 0) is 56.7 Å². The average Bonchev–Trinajstić information content (AvgIpc) is 2.57. The first-order chi connectivity index (χ1) is 11.6. The predicted octanol–water partition coefficient (Wildman–Crippen LogP) is 3.73. The molecule has 0 radical (unpaired) electrons. The van der Waals surface area contributed by atoms with Gasteiger partial charge in [0, 0.05) is 12.2 Å². The number of carbonyl (C=O) groups is 1. The lowest BCUT2D eigenvalue weighted by molar-refractivity contribution is 0.102. The number of nitrogens with one attached hydrogen (secondary N) is 2. The molecule has 2 N–H and O–H groups in total. The number of carbonyl (C=O) groups excluding carboxylic acids is 1. The quantitative estimate of drug-likeness (QED) is 0.722. The van der Waals surface area contributed by atoms with Crippen molar-refractivity contribution in [1.82, 2.24) is 10.2 Å². The molecule has 6 nitrogen and oxygen atoms in total. The van der Waals surface area contributed by atoms with Gasteiger partial charge in [-0.3, -0.25) is 4.79 Å². The second kappa shape index (κ2) is 8.86. The normalized spacial score (nSPS) is 10.5. The highest BCUT2D eigenvalue weighted by atomic mass is 16.5. The molecule has 0 saturated carbocycles. The Kier molecular flexibility index (Phi) is 6.54. The molecular weight excluding hydrogens is 304 g/mol. The van der Waals surface area contributed by atoms with Crippen molar-refractivity contribution < 1.29 is 9.53 Å². The highest BCUT2D eigenvalue weighted by Gasteiger charge is 2.09. The van der Waals surface area contributed by atoms with Gasteiger partial charge < -0.3 is 15.4 Å². The second-order valence-corrected chi connectivity index (χ2v) is 5.73. The van der Waals surface area contributed by atoms with Gasteiger partial charge in [-0.25, -0.2) is 0 Å². The maximum atomic E-state index is 12.2. The summed E-state index contributed by atoms with van der Waals surface area (Å²) in [6.07, 6.45) is 2.30. The van der Waals surface area contributed by atoms with Crippen LogP contribution < -0.4 is 15.4 Å². The number of ether oxygens (including phenoxy) is 1. The first-order valence-electron chi connectivity index (χ1n) is 8.24. The summed E-state index contributed by atoms with van der Waals surface area (Å²) in [5.74, 6) is 1.15. The molecular formula is C18H24N4O2. The molecule has 1 amide bonds. The Bertz CT molecular complexity index is 639. The smallest absolute Gasteiger partial charge is 0.276 e. The fourth-order valence-corrected chi connectivity index (χ4v) is 2.03. The molecule has 1 aromatic heterocycles. The summed E-state index contributed by atoms with van der Waals surface area (Å²) >= 11 is 0. The number of anilines is 2. The van der Waals surface area contributed by atoms with Crippen LogP contribution in [0.15, 0.2) is 36.4 Å². The number of amides is 1. The van der Waals surface area contributed by atoms with Crippen LogP contribution in [-0.4, -0.2) is 28.8 Å². The highest BCUT2D eigenvalue weighted by molar-refractivity contribution is 6.02. The van der Waals surface area contributed by atoms with Gasteiger partial charge in [0.15, 0.2) is 5.69 Å². The number of aromatic nitrogens is 2. The maximum absolute atomic E-state index is 12.2. The summed E-state index contributed by atoms with van der Waals surface area (Å²) in [5, 5.41) is 13.9. The molecule has 0 aliphatic carbocycles. The number of hydrogen-bond donors (Lipinski definition) is 2. The van der Waals surface area contributed by atoms with Crippen molar-refractivity contribution in [3.8, 4) is 5.75 Å². The minimum Gasteiger partial charge on any atom is -0.491 e. The predicted molar refractivity (Wildman–Crippen MR) is 95.6 cm³/mol. The van der Waals surface area contributed by atoms with Gasteiger partial charge >= 0.3 is 0 Å². The molecule has 6 heteroatoms. The second-order valence-electron chi connectivity index (χ2n) is 5.73. The lowest BCUT2D eigenvalue weighted by atomic mass is 10.2. The molecule has 2 rings (SSSR count). The van der Waals surface area contributed by atoms with Crippen molar-refractivity contribution in [1.29, 1.82) is 0 Å². The Morgan fingerprint density at radius 3 is 2.46 bits per heavy atom. The fraction of sp³-hybridized carbons (Fsp3) is 0.389. The van der Waals surface area contributed by atoms with Crippen molar-refractivity contribution in [2.24, 2.45) is 0 Å². The highest BCUT2D eigenvalue weighted by Crippen LogP contribution is 2.17. The Hall–Kier alpha value is -2.63. The van der Waals surface area contributed by atoms with Crippen molar-refractivity contribution in [2.75, 3.05) is 17.2 Å². The summed E-state index contributed by atoms with van der Waals surface area (Å²) < 4.78 is 5.57. The van der Waals surface area contributed by atoms with E-state index in [4.69, 9.17) is 4.74 Å². The molecule has 1 heterocycles. The zero-order valence-electron chi connectivity index (χ0n) is 14.4. The van der Waals surface area contributed by atoms with E-state index < -0.39 is 0 Å². The molecule has 0 fully saturated rings. The van der Waals surface area contributed by atoms with Crippen molar-refractivity contribution in [2.45, 2.75) is 39.7 Å². The largest absolute Gasteiger partial charge is 0.491 e. The molecule has 0 aliphatic rings. The van der Waals surface area contributed by atoms with Crippen molar-refractivity contribution in [3.05, 3.63) is 42.1 Å². The molecule has 2 aromatic rings. The van der Waals surface area contributed by atoms with Crippen LogP contribution in [0.1, 0.15) is 44.1 Å². The first kappa shape index (κ1) is 17.7. The summed E-state index contributed by atoms with van der Waals surface area (Å²) in [4.78, 5) is 12.2. The number of rotatable bonds is 8. The Morgan fingerprint density at radius 2 is 1.88 bits per heavy atom. The van der Waals surface area contributed by atoms with E-state index in [0.717, 1.165) is 25.1 Å². The first-order valence-corrected chi connectivity index (χ1v) is 8.24. The van der Waals surface area contributed by atoms with E-state index in [1.54, 1.807) is 24.3 Å². The van der Waals surface area contributed by atoms with Crippen LogP contribution >= 0.6 is 0 Å². The average molecular weight is 328 g/mol. The number of nitrogens with zero attached hydrogens (tertiary/aromatic N) is 2. The lowest BCUT2D eigenvalue weighted by Crippen LogP contribution is -2.15. The summed E-state index contributed by atoms with van der Waals surface area (Å²) in [6.45, 7) is 6.91. The zero-order chi connectivity index (χ0) is 17.4. The third kappa shape index (κ3) is 5.53. The molecule has 0 atom stereocenters. The molecule has 128 valence electrons. The van der Waals surface area contributed by atoms with E-state index in [0.29, 0.717) is 11.5 Å². The van der Waals surface area contributed by atoms with Crippen LogP contribution in [0.5, 0.6) is 5.75 Å². The third-order valence-electron chi connectivity index (χ3n) is 3.22. The summed E-state index contributed by atoms with van der Waals surface area (Å²) in [5.41, 5.74) is 0.960. The van der Waals surface area contributed by atoms with Gasteiger partial charge in [0.05, 0.1) is 6.10 Å². The molecule has 0 bridgehead atoms. The van der Waals surface area contributed by atoms with Crippen molar-refractivity contribution in [3.63, 3.8) is 0 Å². The van der Waals surface area contributed by atoms with Crippen LogP contribution in [0.25, 0.3) is 0 Å². The van der Waals surface area contributed by atoms with E-state index in [1.807, 2.05) is 26.0 Å². The number of unbranched alkanes of at least 4 members (excludes halogenated alkanes) is 1. The summed E-state index contributed by atoms with van der Waals surface area (Å²) in [7, 11) is 0. The van der Waals surface area contributed by atoms with Gasteiger partial charge in [0.1, 0.15) is 11.6 Å². The lowest BCUT2D eigenvalue weighted by Gasteiger charge is -2.10.